The summed E-state index contributed by atoms with van der Waals surface area (Å²) in [5, 5.41) is 3.13. The van der Waals surface area contributed by atoms with Crippen LogP contribution in [0.3, 0.4) is 0 Å². The maximum Gasteiger partial charge on any atom is 0.188 e. The van der Waals surface area contributed by atoms with Crippen molar-refractivity contribution in [2.24, 2.45) is 10.7 Å². The molecule has 0 radical (unpaired) electrons. The number of nitrogens with two attached hydrogens (primary N) is 1. The van der Waals surface area contributed by atoms with E-state index >= 15 is 0 Å². The van der Waals surface area contributed by atoms with Gasteiger partial charge in [-0.1, -0.05) is 24.3 Å². The van der Waals surface area contributed by atoms with E-state index in [-0.39, 0.29) is 24.0 Å². The number of guanidine groups is 1. The standard InChI is InChI=1S/C20H27N3O2.HI/c1-16-5-3-6-19(15-16)25-14-4-12-22-20(21)23-13-11-17-7-9-18(24-2)10-8-17;/h3,5-10,15H,4,11-14H2,1-2H3,(H3,21,22,23);1H. The smallest absolute Gasteiger partial charge is 0.188 e. The summed E-state index contributed by atoms with van der Waals surface area (Å²) in [5.74, 6) is 2.24. The third-order valence-electron chi connectivity index (χ3n) is 3.72. The van der Waals surface area contributed by atoms with Gasteiger partial charge >= 0.3 is 0 Å². The molecule has 6 heteroatoms. The summed E-state index contributed by atoms with van der Waals surface area (Å²) in [6, 6.07) is 16.1. The van der Waals surface area contributed by atoms with Gasteiger partial charge in [-0.15, -0.1) is 24.0 Å². The van der Waals surface area contributed by atoms with Crippen molar-refractivity contribution < 1.29 is 9.47 Å². The van der Waals surface area contributed by atoms with Crippen LogP contribution in [-0.4, -0.2) is 32.8 Å². The minimum atomic E-state index is 0. The van der Waals surface area contributed by atoms with Crippen LogP contribution in [0.1, 0.15) is 17.5 Å². The number of nitrogens with zero attached hydrogens (tertiary/aromatic N) is 1. The highest BCUT2D eigenvalue weighted by Crippen LogP contribution is 2.12. The van der Waals surface area contributed by atoms with Crippen LogP contribution >= 0.6 is 24.0 Å². The van der Waals surface area contributed by atoms with Crippen molar-refractivity contribution in [3.63, 3.8) is 0 Å². The Morgan fingerprint density at radius 1 is 1.12 bits per heavy atom. The summed E-state index contributed by atoms with van der Waals surface area (Å²) in [6.07, 6.45) is 1.71. The molecule has 26 heavy (non-hydrogen) atoms. The number of benzene rings is 2. The topological polar surface area (TPSA) is 68.9 Å². The summed E-state index contributed by atoms with van der Waals surface area (Å²) in [4.78, 5) is 4.31. The molecule has 2 aromatic carbocycles. The maximum absolute atomic E-state index is 5.87. The van der Waals surface area contributed by atoms with Crippen molar-refractivity contribution in [3.05, 3.63) is 59.7 Å². The van der Waals surface area contributed by atoms with Gasteiger partial charge in [0.05, 0.1) is 13.7 Å². The molecule has 0 aliphatic heterocycles. The minimum absolute atomic E-state index is 0. The number of methoxy groups -OCH3 is 1. The van der Waals surface area contributed by atoms with Gasteiger partial charge < -0.3 is 20.5 Å². The maximum atomic E-state index is 5.87. The van der Waals surface area contributed by atoms with E-state index in [0.29, 0.717) is 19.1 Å². The summed E-state index contributed by atoms with van der Waals surface area (Å²) < 4.78 is 10.8. The lowest BCUT2D eigenvalue weighted by Crippen LogP contribution is -2.33. The van der Waals surface area contributed by atoms with E-state index in [2.05, 4.69) is 35.4 Å². The number of aliphatic imine (C=N–C) groups is 1. The van der Waals surface area contributed by atoms with Crippen LogP contribution in [0.5, 0.6) is 11.5 Å². The second-order valence-electron chi connectivity index (χ2n) is 5.81. The molecular weight excluding hydrogens is 441 g/mol. The fourth-order valence-electron chi connectivity index (χ4n) is 2.34. The largest absolute Gasteiger partial charge is 0.497 e. The predicted octanol–water partition coefficient (Wildman–Crippen LogP) is 3.54. The van der Waals surface area contributed by atoms with Crippen LogP contribution in [0.2, 0.25) is 0 Å². The molecule has 2 aromatic rings. The average molecular weight is 469 g/mol. The number of hydrogen-bond acceptors (Lipinski definition) is 3. The van der Waals surface area contributed by atoms with Crippen LogP contribution in [0.4, 0.5) is 0 Å². The lowest BCUT2D eigenvalue weighted by Gasteiger charge is -2.07. The zero-order valence-corrected chi connectivity index (χ0v) is 17.7. The van der Waals surface area contributed by atoms with Gasteiger partial charge in [0.2, 0.25) is 0 Å². The van der Waals surface area contributed by atoms with Crippen LogP contribution in [0, 0.1) is 6.92 Å². The molecule has 0 spiro atoms. The monoisotopic (exact) mass is 469 g/mol. The fourth-order valence-corrected chi connectivity index (χ4v) is 2.34. The molecule has 0 atom stereocenters. The SMILES string of the molecule is COc1ccc(CCNC(N)=NCCCOc2cccc(C)c2)cc1.I. The quantitative estimate of drug-likeness (QED) is 0.255. The summed E-state index contributed by atoms with van der Waals surface area (Å²) in [6.45, 7) is 4.08. The number of aryl methyl sites for hydroxylation is 1. The number of hydrogen-bond donors (Lipinski definition) is 2. The van der Waals surface area contributed by atoms with Gasteiger partial charge in [-0.3, -0.25) is 4.99 Å². The Bertz CT molecular complexity index is 675. The van der Waals surface area contributed by atoms with E-state index in [0.717, 1.165) is 30.9 Å². The lowest BCUT2D eigenvalue weighted by molar-refractivity contribution is 0.313. The molecule has 0 aliphatic rings. The summed E-state index contributed by atoms with van der Waals surface area (Å²) in [7, 11) is 1.67. The molecule has 0 fully saturated rings. The predicted molar refractivity (Wildman–Crippen MR) is 118 cm³/mol. The third-order valence-corrected chi connectivity index (χ3v) is 3.72. The van der Waals surface area contributed by atoms with Crippen LogP contribution in [0.25, 0.3) is 0 Å². The van der Waals surface area contributed by atoms with Crippen molar-refractivity contribution in [2.75, 3.05) is 26.8 Å². The molecule has 142 valence electrons. The molecule has 0 amide bonds. The Morgan fingerprint density at radius 3 is 2.58 bits per heavy atom. The van der Waals surface area contributed by atoms with E-state index in [1.807, 2.05) is 30.3 Å². The zero-order chi connectivity index (χ0) is 17.9. The first-order valence-electron chi connectivity index (χ1n) is 8.53. The Balaban J connectivity index is 0.00000338. The molecular formula is C20H28IN3O2. The highest BCUT2D eigenvalue weighted by Gasteiger charge is 1.97. The van der Waals surface area contributed by atoms with E-state index < -0.39 is 0 Å². The summed E-state index contributed by atoms with van der Waals surface area (Å²) in [5.41, 5.74) is 8.30. The Labute approximate surface area is 173 Å². The van der Waals surface area contributed by atoms with Crippen LogP contribution < -0.4 is 20.5 Å². The number of ether oxygens (including phenoxy) is 2. The van der Waals surface area contributed by atoms with Gasteiger partial charge in [-0.05, 0) is 48.7 Å². The normalized spacial score (nSPS) is 10.8. The van der Waals surface area contributed by atoms with Crippen molar-refractivity contribution in [3.8, 4) is 11.5 Å². The second kappa shape index (κ2) is 12.4. The van der Waals surface area contributed by atoms with E-state index in [4.69, 9.17) is 15.2 Å². The molecule has 0 heterocycles. The Hall–Kier alpha value is -1.96. The highest BCUT2D eigenvalue weighted by molar-refractivity contribution is 14.0. The molecule has 0 aliphatic carbocycles. The zero-order valence-electron chi connectivity index (χ0n) is 15.4. The van der Waals surface area contributed by atoms with Crippen LogP contribution in [-0.2, 0) is 6.42 Å². The second-order valence-corrected chi connectivity index (χ2v) is 5.81. The van der Waals surface area contributed by atoms with E-state index in [9.17, 15) is 0 Å². The van der Waals surface area contributed by atoms with E-state index in [1.165, 1.54) is 11.1 Å². The highest BCUT2D eigenvalue weighted by atomic mass is 127. The molecule has 0 aromatic heterocycles. The van der Waals surface area contributed by atoms with Gasteiger partial charge in [-0.25, -0.2) is 0 Å². The Morgan fingerprint density at radius 2 is 1.88 bits per heavy atom. The fraction of sp³-hybridized carbons (Fsp3) is 0.350. The lowest BCUT2D eigenvalue weighted by atomic mass is 10.1. The molecule has 0 unspecified atom stereocenters. The van der Waals surface area contributed by atoms with Gasteiger partial charge in [-0.2, -0.15) is 0 Å². The van der Waals surface area contributed by atoms with Crippen molar-refractivity contribution in [1.82, 2.24) is 5.32 Å². The number of halogens is 1. The van der Waals surface area contributed by atoms with Gasteiger partial charge in [0, 0.05) is 19.5 Å². The average Bonchev–Trinajstić information content (AvgIpc) is 2.62. The van der Waals surface area contributed by atoms with Gasteiger partial charge in [0.25, 0.3) is 0 Å². The van der Waals surface area contributed by atoms with Gasteiger partial charge in [0.1, 0.15) is 11.5 Å². The first-order valence-corrected chi connectivity index (χ1v) is 8.53. The molecule has 0 bridgehead atoms. The minimum Gasteiger partial charge on any atom is -0.497 e. The first-order chi connectivity index (χ1) is 12.2. The van der Waals surface area contributed by atoms with Gasteiger partial charge in [0.15, 0.2) is 5.96 Å². The molecule has 2 rings (SSSR count). The number of nitrogens with one attached hydrogen (secondary N) is 1. The first kappa shape index (κ1) is 22.1. The number of rotatable bonds is 9. The molecule has 0 saturated carbocycles. The van der Waals surface area contributed by atoms with Crippen molar-refractivity contribution in [1.29, 1.82) is 0 Å². The molecule has 3 N–H and O–H groups in total. The van der Waals surface area contributed by atoms with E-state index in [1.54, 1.807) is 7.11 Å². The molecule has 0 saturated heterocycles. The van der Waals surface area contributed by atoms with Crippen LogP contribution in [0.15, 0.2) is 53.5 Å². The van der Waals surface area contributed by atoms with Crippen molar-refractivity contribution in [2.45, 2.75) is 19.8 Å². The summed E-state index contributed by atoms with van der Waals surface area (Å²) >= 11 is 0. The third kappa shape index (κ3) is 8.42. The Kier molecular flexibility index (Phi) is 10.5. The molecule has 5 nitrogen and oxygen atoms in total. The van der Waals surface area contributed by atoms with Crippen molar-refractivity contribution >= 4 is 29.9 Å².